The smallest absolute Gasteiger partial charge is 0.266 e. The molecule has 6 rings (SSSR count). The lowest BCUT2D eigenvalue weighted by Crippen LogP contribution is -2.23. The second-order valence-electron chi connectivity index (χ2n) is 6.99. The summed E-state index contributed by atoms with van der Waals surface area (Å²) in [6.07, 6.45) is 1.75. The van der Waals surface area contributed by atoms with Gasteiger partial charge in [-0.05, 0) is 36.4 Å². The number of rotatable bonds is 5. The first-order valence-electron chi connectivity index (χ1n) is 9.99. The summed E-state index contributed by atoms with van der Waals surface area (Å²) in [6.45, 7) is 0. The lowest BCUT2D eigenvalue weighted by atomic mass is 10.3. The summed E-state index contributed by atoms with van der Waals surface area (Å²) in [6, 6.07) is 25.5. The van der Waals surface area contributed by atoms with Crippen LogP contribution in [0.15, 0.2) is 108 Å². The molecular weight excluding hydrogens is 489 g/mol. The molecule has 0 aliphatic carbocycles. The maximum absolute atomic E-state index is 13.6. The van der Waals surface area contributed by atoms with Crippen LogP contribution in [-0.2, 0) is 0 Å². The number of fused-ring (bicyclic) bond motifs is 2. The summed E-state index contributed by atoms with van der Waals surface area (Å²) in [7, 11) is 0. The summed E-state index contributed by atoms with van der Waals surface area (Å²) in [5, 5.41) is 4.47. The average Bonchev–Trinajstić information content (AvgIpc) is 3.45. The number of thiazole rings is 2. The first kappa shape index (κ1) is 20.6. The minimum atomic E-state index is -0.170. The van der Waals surface area contributed by atoms with Crippen LogP contribution in [0.3, 0.4) is 0 Å². The van der Waals surface area contributed by atoms with E-state index in [2.05, 4.69) is 11.2 Å². The lowest BCUT2D eigenvalue weighted by molar-refractivity contribution is 0.756. The van der Waals surface area contributed by atoms with Gasteiger partial charge in [-0.15, -0.1) is 22.7 Å². The molecule has 9 heteroatoms. The minimum absolute atomic E-state index is 0.170. The minimum Gasteiger partial charge on any atom is -0.266 e. The molecule has 0 unspecified atom stereocenters. The molecule has 0 N–H and O–H groups in total. The molecule has 0 aliphatic rings. The van der Waals surface area contributed by atoms with Gasteiger partial charge in [-0.2, -0.15) is 9.78 Å². The molecule has 0 atom stereocenters. The highest BCUT2D eigenvalue weighted by Crippen LogP contribution is 2.41. The van der Waals surface area contributed by atoms with Crippen LogP contribution in [0.1, 0.15) is 0 Å². The molecule has 0 aliphatic heterocycles. The Hall–Kier alpha value is -2.98. The maximum Gasteiger partial charge on any atom is 0.286 e. The summed E-state index contributed by atoms with van der Waals surface area (Å²) in [5.74, 6) is 0. The van der Waals surface area contributed by atoms with Crippen LogP contribution in [-0.4, -0.2) is 19.7 Å². The Labute approximate surface area is 205 Å². The van der Waals surface area contributed by atoms with Crippen molar-refractivity contribution < 1.29 is 0 Å². The number of aromatic nitrogens is 4. The van der Waals surface area contributed by atoms with Crippen molar-refractivity contribution in [2.24, 2.45) is 0 Å². The largest absolute Gasteiger partial charge is 0.286 e. The first-order valence-corrected chi connectivity index (χ1v) is 13.3. The van der Waals surface area contributed by atoms with Gasteiger partial charge in [0.1, 0.15) is 0 Å². The molecule has 0 fully saturated rings. The van der Waals surface area contributed by atoms with Gasteiger partial charge in [-0.1, -0.05) is 66.0 Å². The molecule has 3 aromatic carbocycles. The highest BCUT2D eigenvalue weighted by Gasteiger charge is 2.19. The lowest BCUT2D eigenvalue weighted by Gasteiger charge is -2.09. The Morgan fingerprint density at radius 3 is 1.91 bits per heavy atom. The van der Waals surface area contributed by atoms with E-state index in [9.17, 15) is 4.79 Å². The second kappa shape index (κ2) is 8.75. The van der Waals surface area contributed by atoms with Gasteiger partial charge in [-0.3, -0.25) is 4.79 Å². The van der Waals surface area contributed by atoms with Crippen LogP contribution in [0.2, 0.25) is 0 Å². The van der Waals surface area contributed by atoms with Crippen LogP contribution in [0, 0.1) is 0 Å². The van der Waals surface area contributed by atoms with Crippen molar-refractivity contribution in [3.63, 3.8) is 0 Å². The highest BCUT2D eigenvalue weighted by molar-refractivity contribution is 8.04. The predicted molar refractivity (Wildman–Crippen MR) is 137 cm³/mol. The number of hydrogen-bond acceptors (Lipinski definition) is 8. The Morgan fingerprint density at radius 1 is 0.697 bits per heavy atom. The van der Waals surface area contributed by atoms with Crippen LogP contribution in [0.25, 0.3) is 26.1 Å². The summed E-state index contributed by atoms with van der Waals surface area (Å²) < 4.78 is 5.35. The van der Waals surface area contributed by atoms with Crippen LogP contribution in [0.5, 0.6) is 0 Å². The Kier molecular flexibility index (Phi) is 5.47. The molecule has 0 radical (unpaired) electrons. The van der Waals surface area contributed by atoms with Crippen molar-refractivity contribution in [3.8, 4) is 5.69 Å². The SMILES string of the molecule is O=c1c(Sc2nc3ccccc3s2)c(Sc2nc3ccccc3s2)cnn1-c1ccccc1. The fourth-order valence-electron chi connectivity index (χ4n) is 3.31. The van der Waals surface area contributed by atoms with Gasteiger partial charge in [0, 0.05) is 0 Å². The van der Waals surface area contributed by atoms with E-state index in [0.29, 0.717) is 4.90 Å². The molecule has 33 heavy (non-hydrogen) atoms. The van der Waals surface area contributed by atoms with Crippen LogP contribution in [0.4, 0.5) is 0 Å². The molecule has 3 aromatic heterocycles. The van der Waals surface area contributed by atoms with Crippen molar-refractivity contribution >= 4 is 66.6 Å². The Bertz CT molecular complexity index is 1590. The summed E-state index contributed by atoms with van der Waals surface area (Å²) >= 11 is 6.06. The zero-order chi connectivity index (χ0) is 22.2. The van der Waals surface area contributed by atoms with E-state index in [1.54, 1.807) is 28.9 Å². The summed E-state index contributed by atoms with van der Waals surface area (Å²) in [5.41, 5.74) is 2.44. The van der Waals surface area contributed by atoms with Crippen molar-refractivity contribution in [1.29, 1.82) is 0 Å². The first-order chi connectivity index (χ1) is 16.2. The van der Waals surface area contributed by atoms with Gasteiger partial charge in [0.15, 0.2) is 8.68 Å². The molecule has 0 amide bonds. The van der Waals surface area contributed by atoms with E-state index >= 15 is 0 Å². The monoisotopic (exact) mass is 502 g/mol. The molecule has 160 valence electrons. The molecule has 0 saturated heterocycles. The van der Waals surface area contributed by atoms with Gasteiger partial charge in [-0.25, -0.2) is 9.97 Å². The van der Waals surface area contributed by atoms with E-state index < -0.39 is 0 Å². The number of nitrogens with zero attached hydrogens (tertiary/aromatic N) is 4. The van der Waals surface area contributed by atoms with Gasteiger partial charge >= 0.3 is 0 Å². The van der Waals surface area contributed by atoms with Crippen LogP contribution < -0.4 is 5.56 Å². The molecule has 3 heterocycles. The van der Waals surface area contributed by atoms with Crippen LogP contribution >= 0.6 is 46.2 Å². The van der Waals surface area contributed by atoms with Crippen molar-refractivity contribution in [1.82, 2.24) is 19.7 Å². The summed E-state index contributed by atoms with van der Waals surface area (Å²) in [4.78, 5) is 24.4. The van der Waals surface area contributed by atoms with E-state index in [-0.39, 0.29) is 5.56 Å². The van der Waals surface area contributed by atoms with Crippen molar-refractivity contribution in [3.05, 3.63) is 95.4 Å². The zero-order valence-corrected chi connectivity index (χ0v) is 20.2. The third-order valence-corrected chi connectivity index (χ3v) is 9.29. The fraction of sp³-hybridized carbons (Fsp3) is 0. The maximum atomic E-state index is 13.6. The zero-order valence-electron chi connectivity index (χ0n) is 16.9. The number of para-hydroxylation sites is 3. The number of benzene rings is 3. The molecule has 0 spiro atoms. The molecular formula is C24H14N4OS4. The third kappa shape index (κ3) is 4.08. The van der Waals surface area contributed by atoms with Gasteiger partial charge in [0.2, 0.25) is 0 Å². The van der Waals surface area contributed by atoms with E-state index in [1.807, 2.05) is 72.8 Å². The quantitative estimate of drug-likeness (QED) is 0.260. The van der Waals surface area contributed by atoms with E-state index in [4.69, 9.17) is 9.97 Å². The Morgan fingerprint density at radius 2 is 1.27 bits per heavy atom. The van der Waals surface area contributed by atoms with Gasteiger partial charge < -0.3 is 0 Å². The molecule has 0 saturated carbocycles. The van der Waals surface area contributed by atoms with Crippen molar-refractivity contribution in [2.45, 2.75) is 18.5 Å². The fourth-order valence-corrected chi connectivity index (χ4v) is 7.61. The molecule has 6 aromatic rings. The van der Waals surface area contributed by atoms with Gasteiger partial charge in [0.25, 0.3) is 5.56 Å². The predicted octanol–water partition coefficient (Wildman–Crippen LogP) is 6.75. The van der Waals surface area contributed by atoms with E-state index in [0.717, 1.165) is 39.7 Å². The van der Waals surface area contributed by atoms with Crippen molar-refractivity contribution in [2.75, 3.05) is 0 Å². The second-order valence-corrected chi connectivity index (χ2v) is 11.6. The average molecular weight is 503 g/mol. The standard InChI is InChI=1S/C24H14N4OS4/c29-22-21(33-24-27-17-11-5-7-13-19(17)31-24)20(14-25-28(22)15-8-2-1-3-9-15)32-23-26-16-10-4-6-12-18(16)30-23/h1-14H. The number of hydrogen-bond donors (Lipinski definition) is 0. The molecule has 0 bridgehead atoms. The normalized spacial score (nSPS) is 11.4. The van der Waals surface area contributed by atoms with Gasteiger partial charge in [0.05, 0.1) is 42.1 Å². The third-order valence-electron chi connectivity index (χ3n) is 4.84. The molecule has 5 nitrogen and oxygen atoms in total. The topological polar surface area (TPSA) is 60.7 Å². The van der Waals surface area contributed by atoms with E-state index in [1.165, 1.54) is 28.2 Å². The Balaban J connectivity index is 1.46. The highest BCUT2D eigenvalue weighted by atomic mass is 32.2.